The number of nitrogens with zero attached hydrogens (tertiary/aromatic N) is 2. The highest BCUT2D eigenvalue weighted by Crippen LogP contribution is 2.28. The fraction of sp³-hybridized carbons (Fsp3) is 0.286. The van der Waals surface area contributed by atoms with Gasteiger partial charge < -0.3 is 10.2 Å². The van der Waals surface area contributed by atoms with Gasteiger partial charge in [-0.25, -0.2) is 17.2 Å². The Kier molecular flexibility index (Phi) is 10.5. The minimum atomic E-state index is -4.15. The zero-order valence-corrected chi connectivity index (χ0v) is 24.4. The molecule has 0 bridgehead atoms. The summed E-state index contributed by atoms with van der Waals surface area (Å²) in [6.45, 7) is 2.51. The standard InChI is InChI=1S/C28H29Cl2F2N3O4S/c1-18(2)33-28(37)26(14-19-8-5-4-6-9-19)34(16-21-22(29)10-7-11-23(21)30)27(36)17-35(40(3,38)39)20-12-13-24(31)25(32)15-20/h4-13,15,18,26H,14,16-17H2,1-3H3,(H,33,37)/t26-/m1/s1. The first-order valence-electron chi connectivity index (χ1n) is 12.3. The molecule has 0 aliphatic rings. The van der Waals surface area contributed by atoms with E-state index in [4.69, 9.17) is 23.2 Å². The van der Waals surface area contributed by atoms with Crippen molar-refractivity contribution in [1.29, 1.82) is 0 Å². The maximum atomic E-state index is 14.0. The second-order valence-corrected chi connectivity index (χ2v) is 12.2. The first kappa shape index (κ1) is 31.3. The molecule has 0 radical (unpaired) electrons. The number of nitrogens with one attached hydrogen (secondary N) is 1. The maximum absolute atomic E-state index is 14.0. The number of anilines is 1. The van der Waals surface area contributed by atoms with Crippen molar-refractivity contribution >= 4 is 50.7 Å². The molecule has 0 saturated carbocycles. The Bertz CT molecular complexity index is 1450. The number of carbonyl (C=O) groups excluding carboxylic acids is 2. The molecule has 3 aromatic carbocycles. The van der Waals surface area contributed by atoms with Crippen LogP contribution in [0.25, 0.3) is 0 Å². The number of amides is 2. The van der Waals surface area contributed by atoms with Crippen molar-refractivity contribution in [2.75, 3.05) is 17.1 Å². The van der Waals surface area contributed by atoms with Gasteiger partial charge in [-0.3, -0.25) is 13.9 Å². The van der Waals surface area contributed by atoms with E-state index < -0.39 is 46.1 Å². The number of halogens is 4. The number of hydrogen-bond acceptors (Lipinski definition) is 4. The lowest BCUT2D eigenvalue weighted by atomic mass is 10.0. The van der Waals surface area contributed by atoms with Crippen molar-refractivity contribution in [1.82, 2.24) is 10.2 Å². The third-order valence-corrected chi connectivity index (χ3v) is 7.81. The Labute approximate surface area is 242 Å². The van der Waals surface area contributed by atoms with E-state index in [-0.39, 0.29) is 34.7 Å². The highest BCUT2D eigenvalue weighted by Gasteiger charge is 2.34. The van der Waals surface area contributed by atoms with Gasteiger partial charge in [0.25, 0.3) is 0 Å². The van der Waals surface area contributed by atoms with Crippen LogP contribution in [0, 0.1) is 11.6 Å². The van der Waals surface area contributed by atoms with Crippen LogP contribution < -0.4 is 9.62 Å². The van der Waals surface area contributed by atoms with E-state index in [0.717, 1.165) is 24.0 Å². The van der Waals surface area contributed by atoms with Gasteiger partial charge in [0.15, 0.2) is 11.6 Å². The highest BCUT2D eigenvalue weighted by atomic mass is 35.5. The summed E-state index contributed by atoms with van der Waals surface area (Å²) in [5.41, 5.74) is 0.847. The van der Waals surface area contributed by atoms with Crippen LogP contribution in [0.2, 0.25) is 10.0 Å². The smallest absolute Gasteiger partial charge is 0.244 e. The minimum absolute atomic E-state index is 0.0945. The molecule has 0 fully saturated rings. The third kappa shape index (κ3) is 8.16. The fourth-order valence-corrected chi connectivity index (χ4v) is 5.40. The maximum Gasteiger partial charge on any atom is 0.244 e. The van der Waals surface area contributed by atoms with Crippen molar-refractivity contribution < 1.29 is 26.8 Å². The molecular formula is C28H29Cl2F2N3O4S. The van der Waals surface area contributed by atoms with Crippen LogP contribution in [-0.4, -0.2) is 50.0 Å². The molecular weight excluding hydrogens is 583 g/mol. The van der Waals surface area contributed by atoms with Crippen molar-refractivity contribution in [2.24, 2.45) is 0 Å². The van der Waals surface area contributed by atoms with Gasteiger partial charge in [-0.1, -0.05) is 59.6 Å². The molecule has 0 spiro atoms. The molecule has 214 valence electrons. The van der Waals surface area contributed by atoms with Crippen molar-refractivity contribution in [3.05, 3.63) is 99.5 Å². The average Bonchev–Trinajstić information content (AvgIpc) is 2.87. The monoisotopic (exact) mass is 611 g/mol. The fourth-order valence-electron chi connectivity index (χ4n) is 4.04. The molecule has 0 heterocycles. The number of hydrogen-bond donors (Lipinski definition) is 1. The largest absolute Gasteiger partial charge is 0.352 e. The van der Waals surface area contributed by atoms with E-state index >= 15 is 0 Å². The summed E-state index contributed by atoms with van der Waals surface area (Å²) in [7, 11) is -4.15. The van der Waals surface area contributed by atoms with Crippen LogP contribution in [0.1, 0.15) is 25.0 Å². The summed E-state index contributed by atoms with van der Waals surface area (Å²) < 4.78 is 53.7. The molecule has 0 aliphatic carbocycles. The Morgan fingerprint density at radius 3 is 2.10 bits per heavy atom. The molecule has 7 nitrogen and oxygen atoms in total. The van der Waals surface area contributed by atoms with E-state index in [0.29, 0.717) is 15.9 Å². The minimum Gasteiger partial charge on any atom is -0.352 e. The summed E-state index contributed by atoms with van der Waals surface area (Å²) >= 11 is 12.8. The molecule has 3 rings (SSSR count). The Morgan fingerprint density at radius 1 is 0.925 bits per heavy atom. The lowest BCUT2D eigenvalue weighted by molar-refractivity contribution is -0.140. The second kappa shape index (κ2) is 13.4. The number of rotatable bonds is 11. The van der Waals surface area contributed by atoms with Crippen LogP contribution in [0.4, 0.5) is 14.5 Å². The first-order chi connectivity index (χ1) is 18.8. The Hall–Kier alpha value is -3.21. The van der Waals surface area contributed by atoms with Gasteiger partial charge in [-0.15, -0.1) is 0 Å². The summed E-state index contributed by atoms with van der Waals surface area (Å²) in [5.74, 6) is -3.72. The predicted molar refractivity (Wildman–Crippen MR) is 153 cm³/mol. The van der Waals surface area contributed by atoms with Crippen LogP contribution >= 0.6 is 23.2 Å². The van der Waals surface area contributed by atoms with E-state index in [9.17, 15) is 26.8 Å². The van der Waals surface area contributed by atoms with Gasteiger partial charge in [0.05, 0.1) is 11.9 Å². The van der Waals surface area contributed by atoms with Crippen LogP contribution in [0.3, 0.4) is 0 Å². The Balaban J connectivity index is 2.11. The summed E-state index contributed by atoms with van der Waals surface area (Å²) in [6, 6.07) is 14.9. The molecule has 0 aliphatic heterocycles. The summed E-state index contributed by atoms with van der Waals surface area (Å²) in [6.07, 6.45) is 0.932. The first-order valence-corrected chi connectivity index (χ1v) is 14.9. The highest BCUT2D eigenvalue weighted by molar-refractivity contribution is 7.92. The topological polar surface area (TPSA) is 86.8 Å². The molecule has 0 saturated heterocycles. The quantitative estimate of drug-likeness (QED) is 0.323. The van der Waals surface area contributed by atoms with E-state index in [1.807, 2.05) is 6.07 Å². The van der Waals surface area contributed by atoms with Crippen molar-refractivity contribution in [2.45, 2.75) is 38.9 Å². The van der Waals surface area contributed by atoms with Crippen molar-refractivity contribution in [3.63, 3.8) is 0 Å². The molecule has 0 aromatic heterocycles. The average molecular weight is 613 g/mol. The van der Waals surface area contributed by atoms with Gasteiger partial charge in [0.1, 0.15) is 12.6 Å². The number of carbonyl (C=O) groups is 2. The predicted octanol–water partition coefficient (Wildman–Crippen LogP) is 5.20. The Morgan fingerprint density at radius 2 is 1.55 bits per heavy atom. The van der Waals surface area contributed by atoms with Gasteiger partial charge in [0.2, 0.25) is 21.8 Å². The lowest BCUT2D eigenvalue weighted by Gasteiger charge is -2.34. The van der Waals surface area contributed by atoms with Crippen LogP contribution in [0.15, 0.2) is 66.7 Å². The lowest BCUT2D eigenvalue weighted by Crippen LogP contribution is -2.54. The molecule has 1 N–H and O–H groups in total. The molecule has 0 unspecified atom stereocenters. The molecule has 3 aromatic rings. The van der Waals surface area contributed by atoms with E-state index in [2.05, 4.69) is 5.32 Å². The third-order valence-electron chi connectivity index (χ3n) is 5.96. The molecule has 40 heavy (non-hydrogen) atoms. The van der Waals surface area contributed by atoms with Gasteiger partial charge in [0, 0.05) is 40.7 Å². The number of benzene rings is 3. The molecule has 1 atom stereocenters. The molecule has 12 heteroatoms. The molecule has 2 amide bonds. The SMILES string of the molecule is CC(C)NC(=O)[C@@H](Cc1ccccc1)N(Cc1c(Cl)cccc1Cl)C(=O)CN(c1ccc(F)c(F)c1)S(C)(=O)=O. The number of sulfonamides is 1. The second-order valence-electron chi connectivity index (χ2n) is 9.46. The summed E-state index contributed by atoms with van der Waals surface area (Å²) in [5, 5.41) is 3.31. The van der Waals surface area contributed by atoms with Crippen molar-refractivity contribution in [3.8, 4) is 0 Å². The van der Waals surface area contributed by atoms with Gasteiger partial charge >= 0.3 is 0 Å². The van der Waals surface area contributed by atoms with Gasteiger partial charge in [-0.2, -0.15) is 0 Å². The van der Waals surface area contributed by atoms with Gasteiger partial charge in [-0.05, 0) is 43.7 Å². The van der Waals surface area contributed by atoms with E-state index in [1.165, 1.54) is 4.90 Å². The van der Waals surface area contributed by atoms with Crippen LogP contribution in [-0.2, 0) is 32.6 Å². The zero-order valence-electron chi connectivity index (χ0n) is 22.1. The normalized spacial score (nSPS) is 12.2. The summed E-state index contributed by atoms with van der Waals surface area (Å²) in [4.78, 5) is 28.7. The van der Waals surface area contributed by atoms with Crippen LogP contribution in [0.5, 0.6) is 0 Å². The zero-order chi connectivity index (χ0) is 29.6. The van der Waals surface area contributed by atoms with E-state index in [1.54, 1.807) is 56.3 Å².